The van der Waals surface area contributed by atoms with Crippen LogP contribution in [0, 0.1) is 5.41 Å². The predicted molar refractivity (Wildman–Crippen MR) is 58.8 cm³/mol. The third kappa shape index (κ3) is 5.52. The average Bonchev–Trinajstić information content (AvgIpc) is 1.98. The van der Waals surface area contributed by atoms with Crippen molar-refractivity contribution in [2.75, 3.05) is 0 Å². The molecule has 0 fully saturated rings. The molecule has 0 rings (SSSR count). The van der Waals surface area contributed by atoms with Gasteiger partial charge in [0.1, 0.15) is 0 Å². The zero-order valence-electron chi connectivity index (χ0n) is 10.1. The van der Waals surface area contributed by atoms with Crippen LogP contribution in [0.25, 0.3) is 0 Å². The normalized spacial score (nSPS) is 14.0. The van der Waals surface area contributed by atoms with E-state index in [0.29, 0.717) is 0 Å². The lowest BCUT2D eigenvalue weighted by Gasteiger charge is -2.25. The highest BCUT2D eigenvalue weighted by Gasteiger charge is 2.31. The molecule has 0 saturated heterocycles. The Morgan fingerprint density at radius 1 is 1.27 bits per heavy atom. The number of hydrogen-bond donors (Lipinski definition) is 2. The van der Waals surface area contributed by atoms with Crippen LogP contribution in [-0.4, -0.2) is 28.9 Å². The largest absolute Gasteiger partial charge is 0.481 e. The minimum Gasteiger partial charge on any atom is -0.481 e. The van der Waals surface area contributed by atoms with Crippen molar-refractivity contribution in [1.29, 1.82) is 0 Å². The number of carbonyl (C=O) groups excluding carboxylic acids is 1. The van der Waals surface area contributed by atoms with Crippen molar-refractivity contribution >= 4 is 11.8 Å². The van der Waals surface area contributed by atoms with Gasteiger partial charge in [0.15, 0.2) is 5.78 Å². The molecule has 0 radical (unpaired) electrons. The van der Waals surface area contributed by atoms with E-state index in [9.17, 15) is 9.59 Å². The first kappa shape index (κ1) is 14.1. The number of aliphatic carboxylic acids is 1. The zero-order valence-corrected chi connectivity index (χ0v) is 10.1. The number of carboxylic acid groups (broad SMARTS) is 1. The number of hydrogen-bond acceptors (Lipinski definition) is 3. The molecule has 0 heterocycles. The van der Waals surface area contributed by atoms with Crippen LogP contribution >= 0.6 is 0 Å². The highest BCUT2D eigenvalue weighted by atomic mass is 16.4. The fourth-order valence-corrected chi connectivity index (χ4v) is 1.33. The first-order valence-corrected chi connectivity index (χ1v) is 5.16. The molecule has 0 aromatic rings. The smallest absolute Gasteiger partial charge is 0.305 e. The molecule has 0 aliphatic heterocycles. The fraction of sp³-hybridized carbons (Fsp3) is 0.818. The molecule has 0 aromatic carbocycles. The Hall–Kier alpha value is -0.900. The molecule has 4 heteroatoms. The van der Waals surface area contributed by atoms with Gasteiger partial charge in [-0.05, 0) is 0 Å². The van der Waals surface area contributed by atoms with Gasteiger partial charge in [0, 0.05) is 11.5 Å². The topological polar surface area (TPSA) is 66.4 Å². The minimum atomic E-state index is -0.953. The van der Waals surface area contributed by atoms with Gasteiger partial charge < -0.3 is 10.4 Å². The highest BCUT2D eigenvalue weighted by molar-refractivity contribution is 5.91. The maximum Gasteiger partial charge on any atom is 0.305 e. The van der Waals surface area contributed by atoms with Crippen molar-refractivity contribution in [2.45, 2.75) is 53.1 Å². The van der Waals surface area contributed by atoms with Crippen LogP contribution in [0.15, 0.2) is 0 Å². The van der Waals surface area contributed by atoms with Crippen LogP contribution in [0.1, 0.15) is 41.0 Å². The average molecular weight is 215 g/mol. The molecule has 0 aromatic heterocycles. The van der Waals surface area contributed by atoms with E-state index < -0.39 is 17.4 Å². The maximum absolute atomic E-state index is 11.9. The molecule has 2 N–H and O–H groups in total. The van der Waals surface area contributed by atoms with Gasteiger partial charge in [-0.3, -0.25) is 9.59 Å². The van der Waals surface area contributed by atoms with Gasteiger partial charge in [-0.15, -0.1) is 0 Å². The van der Waals surface area contributed by atoms with Crippen molar-refractivity contribution in [3.63, 3.8) is 0 Å². The maximum atomic E-state index is 11.9. The van der Waals surface area contributed by atoms with Gasteiger partial charge in [0.25, 0.3) is 0 Å². The molecule has 0 aliphatic carbocycles. The molecular formula is C11H21NO3. The van der Waals surface area contributed by atoms with Gasteiger partial charge in [-0.2, -0.15) is 0 Å². The summed E-state index contributed by atoms with van der Waals surface area (Å²) in [6.07, 6.45) is -0.158. The highest BCUT2D eigenvalue weighted by Crippen LogP contribution is 2.18. The summed E-state index contributed by atoms with van der Waals surface area (Å²) in [6.45, 7) is 9.18. The summed E-state index contributed by atoms with van der Waals surface area (Å²) in [7, 11) is 0. The molecular weight excluding hydrogens is 194 g/mol. The Kier molecular flexibility index (Phi) is 4.94. The van der Waals surface area contributed by atoms with E-state index in [-0.39, 0.29) is 18.2 Å². The van der Waals surface area contributed by atoms with Crippen LogP contribution in [0.3, 0.4) is 0 Å². The van der Waals surface area contributed by atoms with Gasteiger partial charge in [0.05, 0.1) is 12.5 Å². The van der Waals surface area contributed by atoms with Crippen LogP contribution < -0.4 is 5.32 Å². The minimum absolute atomic E-state index is 0.0569. The second kappa shape index (κ2) is 5.26. The van der Waals surface area contributed by atoms with Crippen molar-refractivity contribution < 1.29 is 14.7 Å². The lowest BCUT2D eigenvalue weighted by molar-refractivity contribution is -0.141. The Balaban J connectivity index is 4.62. The monoisotopic (exact) mass is 215 g/mol. The first-order valence-electron chi connectivity index (χ1n) is 5.16. The summed E-state index contributed by atoms with van der Waals surface area (Å²) < 4.78 is 0. The van der Waals surface area contributed by atoms with Crippen LogP contribution in [0.4, 0.5) is 0 Å². The van der Waals surface area contributed by atoms with E-state index >= 15 is 0 Å². The number of carbonyl (C=O) groups is 2. The van der Waals surface area contributed by atoms with E-state index in [4.69, 9.17) is 5.11 Å². The molecule has 15 heavy (non-hydrogen) atoms. The Morgan fingerprint density at radius 3 is 2.00 bits per heavy atom. The van der Waals surface area contributed by atoms with Gasteiger partial charge in [-0.25, -0.2) is 0 Å². The molecule has 1 atom stereocenters. The Morgan fingerprint density at radius 2 is 1.73 bits per heavy atom. The lowest BCUT2D eigenvalue weighted by atomic mass is 9.85. The zero-order chi connectivity index (χ0) is 12.2. The quantitative estimate of drug-likeness (QED) is 0.728. The number of rotatable bonds is 5. The van der Waals surface area contributed by atoms with Gasteiger partial charge in [0.2, 0.25) is 0 Å². The molecule has 0 spiro atoms. The summed E-state index contributed by atoms with van der Waals surface area (Å²) in [6, 6.07) is -0.497. The van der Waals surface area contributed by atoms with Crippen LogP contribution in [0.5, 0.6) is 0 Å². The fourth-order valence-electron chi connectivity index (χ4n) is 1.33. The molecule has 0 saturated carbocycles. The van der Waals surface area contributed by atoms with Crippen molar-refractivity contribution in [3.8, 4) is 0 Å². The predicted octanol–water partition coefficient (Wildman–Crippen LogP) is 1.44. The third-order valence-electron chi connectivity index (χ3n) is 1.97. The van der Waals surface area contributed by atoms with Crippen molar-refractivity contribution in [1.82, 2.24) is 5.32 Å². The number of Topliss-reactive ketones (excluding diaryl/α,β-unsaturated/α-hetero) is 1. The molecule has 0 amide bonds. The van der Waals surface area contributed by atoms with Crippen LogP contribution in [-0.2, 0) is 9.59 Å². The summed E-state index contributed by atoms with van der Waals surface area (Å²) in [5, 5.41) is 11.7. The second-order valence-electron chi connectivity index (χ2n) is 5.09. The third-order valence-corrected chi connectivity index (χ3v) is 1.97. The van der Waals surface area contributed by atoms with E-state index in [2.05, 4.69) is 5.32 Å². The number of nitrogens with one attached hydrogen (secondary N) is 1. The van der Waals surface area contributed by atoms with Crippen molar-refractivity contribution in [2.24, 2.45) is 5.41 Å². The summed E-state index contributed by atoms with van der Waals surface area (Å²) >= 11 is 0. The molecule has 1 unspecified atom stereocenters. The molecule has 4 nitrogen and oxygen atoms in total. The molecule has 0 aliphatic rings. The summed E-state index contributed by atoms with van der Waals surface area (Å²) in [5.41, 5.74) is -0.512. The second-order valence-corrected chi connectivity index (χ2v) is 5.09. The van der Waals surface area contributed by atoms with Gasteiger partial charge in [-0.1, -0.05) is 34.6 Å². The standard InChI is InChI=1S/C11H21NO3/c1-7(2)12-8(6-9(13)14)10(15)11(3,4)5/h7-8,12H,6H2,1-5H3,(H,13,14). The number of ketones is 1. The van der Waals surface area contributed by atoms with E-state index in [1.807, 2.05) is 13.8 Å². The van der Waals surface area contributed by atoms with E-state index in [1.54, 1.807) is 20.8 Å². The SMILES string of the molecule is CC(C)NC(CC(=O)O)C(=O)C(C)(C)C. The Bertz CT molecular complexity index is 241. The number of carboxylic acids is 1. The van der Waals surface area contributed by atoms with Crippen LogP contribution in [0.2, 0.25) is 0 Å². The van der Waals surface area contributed by atoms with Gasteiger partial charge >= 0.3 is 5.97 Å². The summed E-state index contributed by atoms with van der Waals surface area (Å²) in [5.74, 6) is -1.01. The Labute approximate surface area is 91.1 Å². The van der Waals surface area contributed by atoms with Crippen molar-refractivity contribution in [3.05, 3.63) is 0 Å². The lowest BCUT2D eigenvalue weighted by Crippen LogP contribution is -2.46. The molecule has 0 bridgehead atoms. The van der Waals surface area contributed by atoms with E-state index in [0.717, 1.165) is 0 Å². The molecule has 88 valence electrons. The summed E-state index contributed by atoms with van der Waals surface area (Å²) in [4.78, 5) is 22.5. The van der Waals surface area contributed by atoms with E-state index in [1.165, 1.54) is 0 Å². The first-order chi connectivity index (χ1) is 6.64.